The molecule has 0 aliphatic heterocycles. The fourth-order valence-electron chi connectivity index (χ4n) is 2.53. The van der Waals surface area contributed by atoms with E-state index in [4.69, 9.17) is 4.74 Å². The molecule has 1 amide bonds. The highest BCUT2D eigenvalue weighted by Gasteiger charge is 2.16. The topological polar surface area (TPSA) is 75.7 Å². The van der Waals surface area contributed by atoms with Gasteiger partial charge in [0.15, 0.2) is 0 Å². The fourth-order valence-corrected chi connectivity index (χ4v) is 3.55. The van der Waals surface area contributed by atoms with Crippen LogP contribution >= 0.6 is 0 Å². The molecule has 0 aromatic heterocycles. The molecule has 1 N–H and O–H groups in total. The van der Waals surface area contributed by atoms with Gasteiger partial charge >= 0.3 is 0 Å². The zero-order valence-corrected chi connectivity index (χ0v) is 16.8. The van der Waals surface area contributed by atoms with Crippen LogP contribution in [0.3, 0.4) is 0 Å². The van der Waals surface area contributed by atoms with Crippen LogP contribution in [0.4, 0.5) is 0 Å². The Labute approximate surface area is 161 Å². The maximum absolute atomic E-state index is 12.4. The van der Waals surface area contributed by atoms with Crippen molar-refractivity contribution in [3.8, 4) is 5.75 Å². The van der Waals surface area contributed by atoms with E-state index in [1.165, 1.54) is 24.3 Å². The normalized spacial score (nSPS) is 11.2. The second-order valence-electron chi connectivity index (χ2n) is 6.06. The summed E-state index contributed by atoms with van der Waals surface area (Å²) in [5.41, 5.74) is 1.60. The molecule has 0 aliphatic rings. The summed E-state index contributed by atoms with van der Waals surface area (Å²) >= 11 is 0. The van der Waals surface area contributed by atoms with E-state index in [2.05, 4.69) is 4.72 Å². The highest BCUT2D eigenvalue weighted by Crippen LogP contribution is 2.13. The second kappa shape index (κ2) is 9.53. The van der Waals surface area contributed by atoms with Crippen LogP contribution in [-0.4, -0.2) is 45.5 Å². The van der Waals surface area contributed by atoms with Gasteiger partial charge in [-0.3, -0.25) is 4.79 Å². The van der Waals surface area contributed by atoms with Gasteiger partial charge in [-0.05, 0) is 57.2 Å². The van der Waals surface area contributed by atoms with Gasteiger partial charge in [0.2, 0.25) is 10.0 Å². The molecule has 2 aromatic rings. The molecule has 7 heteroatoms. The molecule has 6 nitrogen and oxygen atoms in total. The van der Waals surface area contributed by atoms with E-state index in [0.29, 0.717) is 24.4 Å². The number of carbonyl (C=O) groups is 1. The minimum Gasteiger partial charge on any atom is -0.492 e. The predicted molar refractivity (Wildman–Crippen MR) is 106 cm³/mol. The molecule has 2 rings (SSSR count). The smallest absolute Gasteiger partial charge is 0.253 e. The van der Waals surface area contributed by atoms with Crippen molar-refractivity contribution in [1.29, 1.82) is 0 Å². The molecule has 0 saturated carbocycles. The van der Waals surface area contributed by atoms with Crippen LogP contribution in [-0.2, 0) is 10.0 Å². The van der Waals surface area contributed by atoms with Gasteiger partial charge in [-0.15, -0.1) is 0 Å². The number of aryl methyl sites for hydroxylation is 1. The molecular formula is C20H26N2O4S. The minimum absolute atomic E-state index is 0.108. The molecule has 0 spiro atoms. The van der Waals surface area contributed by atoms with Crippen LogP contribution in [0, 0.1) is 6.92 Å². The van der Waals surface area contributed by atoms with Crippen molar-refractivity contribution in [3.63, 3.8) is 0 Å². The third kappa shape index (κ3) is 5.80. The number of benzene rings is 2. The molecule has 2 aromatic carbocycles. The van der Waals surface area contributed by atoms with Gasteiger partial charge in [0.05, 0.1) is 4.90 Å². The van der Waals surface area contributed by atoms with E-state index < -0.39 is 10.0 Å². The highest BCUT2D eigenvalue weighted by molar-refractivity contribution is 7.89. The van der Waals surface area contributed by atoms with Crippen LogP contribution in [0.15, 0.2) is 53.4 Å². The second-order valence-corrected chi connectivity index (χ2v) is 7.83. The summed E-state index contributed by atoms with van der Waals surface area (Å²) in [6, 6.07) is 13.5. The standard InChI is InChI=1S/C20H26N2O4S/c1-4-22(5-2)20(23)17-8-12-19(13-9-17)27(24,25)21-14-15-26-18-10-6-16(3)7-11-18/h6-13,21H,4-5,14-15H2,1-3H3. The number of sulfonamides is 1. The maximum Gasteiger partial charge on any atom is 0.253 e. The highest BCUT2D eigenvalue weighted by atomic mass is 32.2. The number of ether oxygens (including phenoxy) is 1. The van der Waals surface area contributed by atoms with Crippen LogP contribution < -0.4 is 9.46 Å². The Hall–Kier alpha value is -2.38. The van der Waals surface area contributed by atoms with E-state index >= 15 is 0 Å². The molecule has 0 unspecified atom stereocenters. The van der Waals surface area contributed by atoms with Crippen LogP contribution in [0.2, 0.25) is 0 Å². The Kier molecular flexibility index (Phi) is 7.38. The van der Waals surface area contributed by atoms with Gasteiger partial charge in [-0.2, -0.15) is 0 Å². The van der Waals surface area contributed by atoms with Gasteiger partial charge in [0.25, 0.3) is 5.91 Å². The summed E-state index contributed by atoms with van der Waals surface area (Å²) < 4.78 is 32.7. The van der Waals surface area contributed by atoms with Crippen molar-refractivity contribution in [2.45, 2.75) is 25.7 Å². The van der Waals surface area contributed by atoms with Gasteiger partial charge in [-0.25, -0.2) is 13.1 Å². The Morgan fingerprint density at radius 2 is 1.59 bits per heavy atom. The monoisotopic (exact) mass is 390 g/mol. The molecule has 0 aliphatic carbocycles. The molecule has 146 valence electrons. The lowest BCUT2D eigenvalue weighted by Crippen LogP contribution is -2.30. The SMILES string of the molecule is CCN(CC)C(=O)c1ccc(S(=O)(=O)NCCOc2ccc(C)cc2)cc1. The predicted octanol–water partition coefficient (Wildman–Crippen LogP) is 2.83. The summed E-state index contributed by atoms with van der Waals surface area (Å²) in [5.74, 6) is 0.586. The lowest BCUT2D eigenvalue weighted by molar-refractivity contribution is 0.0773. The van der Waals surface area contributed by atoms with Gasteiger partial charge in [0, 0.05) is 25.2 Å². The molecule has 0 radical (unpaired) electrons. The van der Waals surface area contributed by atoms with Gasteiger partial charge in [-0.1, -0.05) is 17.7 Å². The average Bonchev–Trinajstić information content (AvgIpc) is 2.67. The summed E-state index contributed by atoms with van der Waals surface area (Å²) in [5, 5.41) is 0. The summed E-state index contributed by atoms with van der Waals surface area (Å²) in [6.45, 7) is 7.39. The molecular weight excluding hydrogens is 364 g/mol. The first-order valence-electron chi connectivity index (χ1n) is 8.96. The molecule has 0 saturated heterocycles. The van der Waals surface area contributed by atoms with E-state index in [0.717, 1.165) is 5.56 Å². The average molecular weight is 391 g/mol. The number of hydrogen-bond acceptors (Lipinski definition) is 4. The quantitative estimate of drug-likeness (QED) is 0.668. The van der Waals surface area contributed by atoms with Crippen LogP contribution in [0.25, 0.3) is 0 Å². The number of nitrogens with zero attached hydrogens (tertiary/aromatic N) is 1. The summed E-state index contributed by atoms with van der Waals surface area (Å²) in [6.07, 6.45) is 0. The lowest BCUT2D eigenvalue weighted by Gasteiger charge is -2.18. The maximum atomic E-state index is 12.4. The zero-order valence-electron chi connectivity index (χ0n) is 15.9. The van der Waals surface area contributed by atoms with Crippen LogP contribution in [0.1, 0.15) is 29.8 Å². The van der Waals surface area contributed by atoms with Crippen molar-refractivity contribution in [2.24, 2.45) is 0 Å². The number of rotatable bonds is 9. The van der Waals surface area contributed by atoms with Crippen LogP contribution in [0.5, 0.6) is 5.75 Å². The Bertz CT molecular complexity index is 843. The summed E-state index contributed by atoms with van der Waals surface area (Å²) in [7, 11) is -3.65. The first-order valence-corrected chi connectivity index (χ1v) is 10.4. The molecule has 27 heavy (non-hydrogen) atoms. The Morgan fingerprint density at radius 3 is 2.15 bits per heavy atom. The third-order valence-electron chi connectivity index (χ3n) is 4.15. The number of hydrogen-bond donors (Lipinski definition) is 1. The van der Waals surface area contributed by atoms with E-state index in [1.807, 2.05) is 45.0 Å². The van der Waals surface area contributed by atoms with E-state index in [9.17, 15) is 13.2 Å². The summed E-state index contributed by atoms with van der Waals surface area (Å²) in [4.78, 5) is 14.1. The number of nitrogens with one attached hydrogen (secondary N) is 1. The Balaban J connectivity index is 1.92. The van der Waals surface area contributed by atoms with Crippen molar-refractivity contribution in [3.05, 3.63) is 59.7 Å². The van der Waals surface area contributed by atoms with E-state index in [1.54, 1.807) is 4.90 Å². The number of amides is 1. The van der Waals surface area contributed by atoms with Crippen molar-refractivity contribution in [2.75, 3.05) is 26.2 Å². The first-order chi connectivity index (χ1) is 12.9. The lowest BCUT2D eigenvalue weighted by atomic mass is 10.2. The Morgan fingerprint density at radius 1 is 1.00 bits per heavy atom. The van der Waals surface area contributed by atoms with Gasteiger partial charge < -0.3 is 9.64 Å². The zero-order chi connectivity index (χ0) is 19.9. The fraction of sp³-hybridized carbons (Fsp3) is 0.350. The largest absolute Gasteiger partial charge is 0.492 e. The van der Waals surface area contributed by atoms with Crippen molar-refractivity contribution in [1.82, 2.24) is 9.62 Å². The molecule has 0 atom stereocenters. The molecule has 0 heterocycles. The van der Waals surface area contributed by atoms with E-state index in [-0.39, 0.29) is 24.0 Å². The molecule has 0 bridgehead atoms. The number of carbonyl (C=O) groups excluding carboxylic acids is 1. The van der Waals surface area contributed by atoms with Crippen molar-refractivity contribution >= 4 is 15.9 Å². The third-order valence-corrected chi connectivity index (χ3v) is 5.62. The van der Waals surface area contributed by atoms with Gasteiger partial charge in [0.1, 0.15) is 12.4 Å². The van der Waals surface area contributed by atoms with Crippen molar-refractivity contribution < 1.29 is 17.9 Å². The molecule has 0 fully saturated rings. The first kappa shape index (κ1) is 20.9. The minimum atomic E-state index is -3.65.